The first-order valence-corrected chi connectivity index (χ1v) is 11.6. The van der Waals surface area contributed by atoms with E-state index in [1.807, 2.05) is 56.3 Å². The van der Waals surface area contributed by atoms with Gasteiger partial charge in [-0.2, -0.15) is 0 Å². The monoisotopic (exact) mass is 465 g/mol. The average Bonchev–Trinajstić information content (AvgIpc) is 2.95. The zero-order valence-corrected chi connectivity index (χ0v) is 20.1. The van der Waals surface area contributed by atoms with Crippen molar-refractivity contribution in [1.29, 1.82) is 0 Å². The van der Waals surface area contributed by atoms with Crippen LogP contribution in [0.4, 0.5) is 11.4 Å². The molecule has 0 spiro atoms. The molecular formula is C27H25Cl2NO2. The summed E-state index contributed by atoms with van der Waals surface area (Å²) in [6.07, 6.45) is 1.85. The van der Waals surface area contributed by atoms with Crippen LogP contribution in [-0.2, 0) is 16.6 Å². The van der Waals surface area contributed by atoms with Gasteiger partial charge in [0.05, 0.1) is 21.1 Å². The van der Waals surface area contributed by atoms with Gasteiger partial charge >= 0.3 is 0 Å². The van der Waals surface area contributed by atoms with Crippen LogP contribution in [0.25, 0.3) is 0 Å². The lowest BCUT2D eigenvalue weighted by atomic mass is 9.76. The average molecular weight is 466 g/mol. The van der Waals surface area contributed by atoms with Crippen molar-refractivity contribution in [3.63, 3.8) is 0 Å². The summed E-state index contributed by atoms with van der Waals surface area (Å²) < 4.78 is 6.17. The van der Waals surface area contributed by atoms with E-state index in [2.05, 4.69) is 19.9 Å². The molecule has 0 saturated heterocycles. The van der Waals surface area contributed by atoms with E-state index >= 15 is 0 Å². The fourth-order valence-electron chi connectivity index (χ4n) is 4.84. The number of benzene rings is 3. The molecule has 0 fully saturated rings. The van der Waals surface area contributed by atoms with Crippen molar-refractivity contribution in [1.82, 2.24) is 0 Å². The van der Waals surface area contributed by atoms with Crippen LogP contribution in [0.5, 0.6) is 5.75 Å². The van der Waals surface area contributed by atoms with Gasteiger partial charge in [0.15, 0.2) is 0 Å². The van der Waals surface area contributed by atoms with Crippen LogP contribution in [0.3, 0.4) is 0 Å². The summed E-state index contributed by atoms with van der Waals surface area (Å²) >= 11 is 12.8. The molecule has 5 heteroatoms. The maximum absolute atomic E-state index is 14.1. The fraction of sp³-hybridized carbons (Fsp3) is 0.296. The van der Waals surface area contributed by atoms with Crippen LogP contribution >= 0.6 is 23.2 Å². The number of amides is 1. The number of rotatable bonds is 2. The molecule has 164 valence electrons. The molecule has 0 saturated carbocycles. The molecule has 0 radical (unpaired) electrons. The Morgan fingerprint density at radius 1 is 0.969 bits per heavy atom. The van der Waals surface area contributed by atoms with Gasteiger partial charge in [0.2, 0.25) is 5.91 Å². The second-order valence-electron chi connectivity index (χ2n) is 9.57. The Labute approximate surface area is 198 Å². The van der Waals surface area contributed by atoms with E-state index < -0.39 is 5.41 Å². The molecule has 3 aromatic rings. The van der Waals surface area contributed by atoms with Gasteiger partial charge in [-0.05, 0) is 93.1 Å². The van der Waals surface area contributed by atoms with Crippen molar-refractivity contribution in [2.24, 2.45) is 0 Å². The minimum atomic E-state index is -0.894. The zero-order valence-electron chi connectivity index (χ0n) is 18.6. The third-order valence-corrected chi connectivity index (χ3v) is 7.45. The molecule has 2 aliphatic rings. The largest absolute Gasteiger partial charge is 0.488 e. The summed E-state index contributed by atoms with van der Waals surface area (Å²) in [5.41, 5.74) is 4.52. The molecule has 2 aliphatic heterocycles. The van der Waals surface area contributed by atoms with E-state index in [1.54, 1.807) is 11.0 Å². The number of ether oxygens (including phenoxy) is 1. The molecule has 1 amide bonds. The van der Waals surface area contributed by atoms with Crippen molar-refractivity contribution in [2.75, 3.05) is 4.90 Å². The first-order valence-electron chi connectivity index (χ1n) is 10.8. The van der Waals surface area contributed by atoms with Gasteiger partial charge in [0, 0.05) is 5.69 Å². The van der Waals surface area contributed by atoms with E-state index in [1.165, 1.54) is 0 Å². The number of hydrogen-bond acceptors (Lipinski definition) is 2. The summed E-state index contributed by atoms with van der Waals surface area (Å²) in [5.74, 6) is 0.873. The Hall–Kier alpha value is -2.49. The number of anilines is 2. The SMILES string of the molecule is Cc1cccc(N2C(=O)C(C)(c3ccc4c(c3)CCC(C)(C)O4)c3cc(Cl)c(Cl)cc32)c1. The van der Waals surface area contributed by atoms with Crippen molar-refractivity contribution >= 4 is 40.5 Å². The third-order valence-electron chi connectivity index (χ3n) is 6.73. The molecule has 3 aromatic carbocycles. The summed E-state index contributed by atoms with van der Waals surface area (Å²) in [7, 11) is 0. The molecule has 0 aliphatic carbocycles. The molecule has 1 atom stereocenters. The highest BCUT2D eigenvalue weighted by Gasteiger charge is 2.50. The zero-order chi connectivity index (χ0) is 22.8. The summed E-state index contributed by atoms with van der Waals surface area (Å²) in [6, 6.07) is 17.7. The van der Waals surface area contributed by atoms with Gasteiger partial charge in [-0.25, -0.2) is 0 Å². The minimum absolute atomic E-state index is 0.0200. The predicted molar refractivity (Wildman–Crippen MR) is 131 cm³/mol. The molecule has 5 rings (SSSR count). The lowest BCUT2D eigenvalue weighted by Crippen LogP contribution is -2.37. The fourth-order valence-corrected chi connectivity index (χ4v) is 5.16. The number of halogens is 2. The highest BCUT2D eigenvalue weighted by molar-refractivity contribution is 6.42. The molecule has 0 aromatic heterocycles. The number of fused-ring (bicyclic) bond motifs is 2. The number of carbonyl (C=O) groups is 1. The van der Waals surface area contributed by atoms with Gasteiger partial charge in [-0.1, -0.05) is 47.5 Å². The first kappa shape index (κ1) is 21.4. The van der Waals surface area contributed by atoms with Crippen LogP contribution < -0.4 is 9.64 Å². The van der Waals surface area contributed by atoms with E-state index in [9.17, 15) is 4.79 Å². The number of hydrogen-bond donors (Lipinski definition) is 0. The van der Waals surface area contributed by atoms with Gasteiger partial charge in [0.1, 0.15) is 11.4 Å². The summed E-state index contributed by atoms with van der Waals surface area (Å²) in [4.78, 5) is 15.9. The second-order valence-corrected chi connectivity index (χ2v) is 10.4. The quantitative estimate of drug-likeness (QED) is 0.394. The third kappa shape index (κ3) is 3.22. The Bertz CT molecular complexity index is 1270. The van der Waals surface area contributed by atoms with E-state index in [0.29, 0.717) is 10.0 Å². The second kappa shape index (κ2) is 7.26. The predicted octanol–water partition coefficient (Wildman–Crippen LogP) is 7.39. The van der Waals surface area contributed by atoms with Crippen molar-refractivity contribution < 1.29 is 9.53 Å². The lowest BCUT2D eigenvalue weighted by molar-refractivity contribution is -0.120. The minimum Gasteiger partial charge on any atom is -0.488 e. The molecule has 3 nitrogen and oxygen atoms in total. The van der Waals surface area contributed by atoms with Crippen molar-refractivity contribution in [3.05, 3.63) is 86.9 Å². The van der Waals surface area contributed by atoms with Crippen molar-refractivity contribution in [2.45, 2.75) is 51.6 Å². The molecule has 1 unspecified atom stereocenters. The summed E-state index contributed by atoms with van der Waals surface area (Å²) in [6.45, 7) is 8.20. The maximum atomic E-state index is 14.1. The maximum Gasteiger partial charge on any atom is 0.246 e. The van der Waals surface area contributed by atoms with Gasteiger partial charge < -0.3 is 4.74 Å². The number of nitrogens with zero attached hydrogens (tertiary/aromatic N) is 1. The molecule has 0 bridgehead atoms. The molecular weight excluding hydrogens is 441 g/mol. The molecule has 0 N–H and O–H groups in total. The summed E-state index contributed by atoms with van der Waals surface area (Å²) in [5, 5.41) is 0.875. The van der Waals surface area contributed by atoms with Gasteiger partial charge in [-0.15, -0.1) is 0 Å². The Morgan fingerprint density at radius 3 is 2.47 bits per heavy atom. The van der Waals surface area contributed by atoms with Crippen LogP contribution in [0, 0.1) is 6.92 Å². The van der Waals surface area contributed by atoms with E-state index in [4.69, 9.17) is 27.9 Å². The molecule has 2 heterocycles. The smallest absolute Gasteiger partial charge is 0.246 e. The van der Waals surface area contributed by atoms with Crippen LogP contribution in [-0.4, -0.2) is 11.5 Å². The number of carbonyl (C=O) groups excluding carboxylic acids is 1. The Morgan fingerprint density at radius 2 is 1.72 bits per heavy atom. The Kier molecular flexibility index (Phi) is 4.85. The first-order chi connectivity index (χ1) is 15.1. The molecule has 32 heavy (non-hydrogen) atoms. The van der Waals surface area contributed by atoms with Gasteiger partial charge in [0.25, 0.3) is 0 Å². The van der Waals surface area contributed by atoms with Crippen LogP contribution in [0.15, 0.2) is 54.6 Å². The van der Waals surface area contributed by atoms with E-state index in [0.717, 1.165) is 52.2 Å². The highest BCUT2D eigenvalue weighted by atomic mass is 35.5. The Balaban J connectivity index is 1.69. The highest BCUT2D eigenvalue weighted by Crippen LogP contribution is 2.52. The van der Waals surface area contributed by atoms with Gasteiger partial charge in [-0.3, -0.25) is 9.69 Å². The topological polar surface area (TPSA) is 29.5 Å². The lowest BCUT2D eigenvalue weighted by Gasteiger charge is -2.34. The number of aryl methyl sites for hydroxylation is 2. The van der Waals surface area contributed by atoms with Crippen molar-refractivity contribution in [3.8, 4) is 5.75 Å². The van der Waals surface area contributed by atoms with E-state index in [-0.39, 0.29) is 11.5 Å². The normalized spacial score (nSPS) is 21.2. The van der Waals surface area contributed by atoms with Crippen LogP contribution in [0.1, 0.15) is 49.4 Å². The van der Waals surface area contributed by atoms with Crippen LogP contribution in [0.2, 0.25) is 10.0 Å². The standard InChI is InChI=1S/C27H25Cl2NO2/c1-16-6-5-7-19(12-16)30-23-15-22(29)21(28)14-20(23)27(4,25(30)31)18-8-9-24-17(13-18)10-11-26(2,3)32-24/h5-9,12-15H,10-11H2,1-4H3.